The van der Waals surface area contributed by atoms with Crippen LogP contribution in [-0.4, -0.2) is 5.78 Å². The first kappa shape index (κ1) is 17.8. The molecule has 4 heteroatoms. The van der Waals surface area contributed by atoms with E-state index < -0.39 is 0 Å². The zero-order valence-electron chi connectivity index (χ0n) is 16.7. The summed E-state index contributed by atoms with van der Waals surface area (Å²) in [6.45, 7) is 4.00. The van der Waals surface area contributed by atoms with Crippen molar-refractivity contribution in [3.8, 4) is 0 Å². The monoisotopic (exact) mass is 384 g/mol. The van der Waals surface area contributed by atoms with Crippen LogP contribution in [0.25, 0.3) is 0 Å². The molecule has 2 heterocycles. The van der Waals surface area contributed by atoms with Crippen LogP contribution in [0.15, 0.2) is 76.4 Å². The molecule has 4 nitrogen and oxygen atoms in total. The Morgan fingerprint density at radius 2 is 1.76 bits per heavy atom. The molecule has 0 fully saturated rings. The zero-order valence-corrected chi connectivity index (χ0v) is 16.7. The highest BCUT2D eigenvalue weighted by molar-refractivity contribution is 6.01. The molecule has 1 aliphatic heterocycles. The van der Waals surface area contributed by atoms with Crippen molar-refractivity contribution >= 4 is 17.2 Å². The number of anilines is 2. The van der Waals surface area contributed by atoms with Gasteiger partial charge in [0, 0.05) is 17.7 Å². The number of aryl methyl sites for hydroxylation is 2. The van der Waals surface area contributed by atoms with Crippen LogP contribution in [0.2, 0.25) is 0 Å². The first-order valence-corrected chi connectivity index (χ1v) is 10.1. The molecule has 0 amide bonds. The third-order valence-electron chi connectivity index (χ3n) is 5.87. The van der Waals surface area contributed by atoms with E-state index >= 15 is 0 Å². The number of furan rings is 1. The standard InChI is InChI=1S/C25H24N2O2/c1-15-8-10-19-20(12-15)27-25(23-11-9-16(2)29-23)24-21(26-19)13-18(14-22(24)28)17-6-4-3-5-7-17/h3-12,18,25-27H,13-14H2,1-2H3/t18-,25+/m1/s1. The van der Waals surface area contributed by atoms with Gasteiger partial charge in [0.1, 0.15) is 17.6 Å². The van der Waals surface area contributed by atoms with Gasteiger partial charge in [0.2, 0.25) is 0 Å². The highest BCUT2D eigenvalue weighted by Crippen LogP contribution is 2.44. The second-order valence-corrected chi connectivity index (χ2v) is 8.03. The summed E-state index contributed by atoms with van der Waals surface area (Å²) in [7, 11) is 0. The SMILES string of the molecule is Cc1ccc2c(c1)N[C@@H](c1ccc(C)o1)C1=C(C[C@@H](c3ccccc3)CC1=O)N2. The van der Waals surface area contributed by atoms with E-state index in [4.69, 9.17) is 4.42 Å². The maximum absolute atomic E-state index is 13.4. The number of rotatable bonds is 2. The smallest absolute Gasteiger partial charge is 0.163 e. The van der Waals surface area contributed by atoms with E-state index in [0.29, 0.717) is 6.42 Å². The fourth-order valence-electron chi connectivity index (χ4n) is 4.44. The molecule has 0 spiro atoms. The summed E-state index contributed by atoms with van der Waals surface area (Å²) in [5.74, 6) is 1.97. The summed E-state index contributed by atoms with van der Waals surface area (Å²) < 4.78 is 5.96. The summed E-state index contributed by atoms with van der Waals surface area (Å²) >= 11 is 0. The molecule has 1 aliphatic carbocycles. The third kappa shape index (κ3) is 3.25. The van der Waals surface area contributed by atoms with Crippen molar-refractivity contribution in [1.82, 2.24) is 0 Å². The molecule has 2 aromatic carbocycles. The lowest BCUT2D eigenvalue weighted by atomic mass is 9.79. The van der Waals surface area contributed by atoms with E-state index in [1.165, 1.54) is 11.1 Å². The van der Waals surface area contributed by atoms with Gasteiger partial charge in [-0.1, -0.05) is 36.4 Å². The number of fused-ring (bicyclic) bond motifs is 1. The number of nitrogens with one attached hydrogen (secondary N) is 2. The molecule has 2 aliphatic rings. The van der Waals surface area contributed by atoms with Crippen molar-refractivity contribution in [2.75, 3.05) is 10.6 Å². The quantitative estimate of drug-likeness (QED) is 0.580. The van der Waals surface area contributed by atoms with Gasteiger partial charge in [-0.05, 0) is 61.6 Å². The molecular weight excluding hydrogens is 360 g/mol. The minimum Gasteiger partial charge on any atom is -0.464 e. The predicted octanol–water partition coefficient (Wildman–Crippen LogP) is 5.88. The lowest BCUT2D eigenvalue weighted by Crippen LogP contribution is -2.26. The molecule has 0 bridgehead atoms. The van der Waals surface area contributed by atoms with E-state index in [0.717, 1.165) is 40.6 Å². The molecule has 0 saturated heterocycles. The van der Waals surface area contributed by atoms with Gasteiger partial charge in [-0.3, -0.25) is 4.79 Å². The number of allylic oxidation sites excluding steroid dienone is 1. The Bertz CT molecular complexity index is 1110. The van der Waals surface area contributed by atoms with Crippen LogP contribution < -0.4 is 10.6 Å². The number of Topliss-reactive ketones (excluding diaryl/α,β-unsaturated/α-hetero) is 1. The molecule has 0 saturated carbocycles. The van der Waals surface area contributed by atoms with Crippen LogP contribution in [-0.2, 0) is 4.79 Å². The second kappa shape index (κ2) is 6.96. The topological polar surface area (TPSA) is 54.3 Å². The van der Waals surface area contributed by atoms with Crippen molar-refractivity contribution in [2.24, 2.45) is 0 Å². The maximum Gasteiger partial charge on any atom is 0.163 e. The lowest BCUT2D eigenvalue weighted by Gasteiger charge is -2.29. The number of benzene rings is 2. The molecule has 29 heavy (non-hydrogen) atoms. The first-order chi connectivity index (χ1) is 14.1. The van der Waals surface area contributed by atoms with Gasteiger partial charge in [0.05, 0.1) is 11.4 Å². The van der Waals surface area contributed by atoms with Crippen molar-refractivity contribution in [2.45, 2.75) is 38.6 Å². The largest absolute Gasteiger partial charge is 0.464 e. The van der Waals surface area contributed by atoms with Gasteiger partial charge >= 0.3 is 0 Å². The summed E-state index contributed by atoms with van der Waals surface area (Å²) in [5.41, 5.74) is 6.14. The average Bonchev–Trinajstić information content (AvgIpc) is 3.07. The van der Waals surface area contributed by atoms with Gasteiger partial charge < -0.3 is 15.1 Å². The Balaban J connectivity index is 1.62. The summed E-state index contributed by atoms with van der Waals surface area (Å²) in [6.07, 6.45) is 1.31. The Morgan fingerprint density at radius 3 is 2.52 bits per heavy atom. The maximum atomic E-state index is 13.4. The van der Waals surface area contributed by atoms with Crippen LogP contribution in [0.5, 0.6) is 0 Å². The Kier molecular flexibility index (Phi) is 4.27. The second-order valence-electron chi connectivity index (χ2n) is 8.03. The van der Waals surface area contributed by atoms with Crippen molar-refractivity contribution in [1.29, 1.82) is 0 Å². The van der Waals surface area contributed by atoms with E-state index in [-0.39, 0.29) is 17.7 Å². The molecule has 0 unspecified atom stereocenters. The van der Waals surface area contributed by atoms with E-state index in [1.54, 1.807) is 0 Å². The minimum absolute atomic E-state index is 0.170. The number of hydrogen-bond acceptors (Lipinski definition) is 4. The third-order valence-corrected chi connectivity index (χ3v) is 5.87. The summed E-state index contributed by atoms with van der Waals surface area (Å²) in [5, 5.41) is 7.16. The highest BCUT2D eigenvalue weighted by Gasteiger charge is 2.37. The van der Waals surface area contributed by atoms with Gasteiger partial charge in [-0.25, -0.2) is 0 Å². The Labute approximate surface area is 170 Å². The van der Waals surface area contributed by atoms with Gasteiger partial charge in [0.15, 0.2) is 5.78 Å². The van der Waals surface area contributed by atoms with Crippen LogP contribution in [0.3, 0.4) is 0 Å². The predicted molar refractivity (Wildman–Crippen MR) is 115 cm³/mol. The van der Waals surface area contributed by atoms with Gasteiger partial charge in [-0.15, -0.1) is 0 Å². The Hall–Kier alpha value is -3.27. The van der Waals surface area contributed by atoms with Crippen molar-refractivity contribution in [3.63, 3.8) is 0 Å². The molecule has 146 valence electrons. The number of carbonyl (C=O) groups excluding carboxylic acids is 1. The molecule has 1 aromatic heterocycles. The molecule has 2 atom stereocenters. The number of ketones is 1. The van der Waals surface area contributed by atoms with Crippen LogP contribution >= 0.6 is 0 Å². The summed E-state index contributed by atoms with van der Waals surface area (Å²) in [6, 6.07) is 20.2. The molecule has 0 radical (unpaired) electrons. The van der Waals surface area contributed by atoms with Crippen LogP contribution in [0, 0.1) is 13.8 Å². The lowest BCUT2D eigenvalue weighted by molar-refractivity contribution is -0.116. The zero-order chi connectivity index (χ0) is 20.0. The fraction of sp³-hybridized carbons (Fsp3) is 0.240. The van der Waals surface area contributed by atoms with Crippen molar-refractivity contribution in [3.05, 3.63) is 94.6 Å². The van der Waals surface area contributed by atoms with Crippen LogP contribution in [0.1, 0.15) is 47.4 Å². The van der Waals surface area contributed by atoms with Gasteiger partial charge in [-0.2, -0.15) is 0 Å². The molecule has 5 rings (SSSR count). The molecule has 3 aromatic rings. The number of carbonyl (C=O) groups is 1. The van der Waals surface area contributed by atoms with E-state index in [2.05, 4.69) is 47.9 Å². The first-order valence-electron chi connectivity index (χ1n) is 10.1. The minimum atomic E-state index is -0.293. The summed E-state index contributed by atoms with van der Waals surface area (Å²) in [4.78, 5) is 13.4. The normalized spacial score (nSPS) is 21.0. The van der Waals surface area contributed by atoms with Crippen molar-refractivity contribution < 1.29 is 9.21 Å². The highest BCUT2D eigenvalue weighted by atomic mass is 16.3. The Morgan fingerprint density at radius 1 is 0.931 bits per heavy atom. The van der Waals surface area contributed by atoms with Crippen LogP contribution in [0.4, 0.5) is 11.4 Å². The fourth-order valence-corrected chi connectivity index (χ4v) is 4.44. The van der Waals surface area contributed by atoms with E-state index in [1.807, 2.05) is 37.3 Å². The van der Waals surface area contributed by atoms with Gasteiger partial charge in [0.25, 0.3) is 0 Å². The number of hydrogen-bond donors (Lipinski definition) is 2. The average molecular weight is 384 g/mol. The molecular formula is C25H24N2O2. The molecule has 2 N–H and O–H groups in total. The van der Waals surface area contributed by atoms with E-state index in [9.17, 15) is 4.79 Å².